The smallest absolute Gasteiger partial charge is 0.252 e. The first-order valence-corrected chi connectivity index (χ1v) is 11.8. The number of anilines is 4. The first-order chi connectivity index (χ1) is 17.3. The number of nitriles is 1. The van der Waals surface area contributed by atoms with Gasteiger partial charge < -0.3 is 20.1 Å². The van der Waals surface area contributed by atoms with Crippen molar-refractivity contribution in [2.24, 2.45) is 12.5 Å². The molecule has 4 heterocycles. The van der Waals surface area contributed by atoms with E-state index in [0.717, 1.165) is 16.6 Å². The lowest BCUT2D eigenvalue weighted by Gasteiger charge is -2.43. The fourth-order valence-corrected chi connectivity index (χ4v) is 4.37. The lowest BCUT2D eigenvalue weighted by atomic mass is 9.84. The summed E-state index contributed by atoms with van der Waals surface area (Å²) in [5.41, 5.74) is 1.65. The van der Waals surface area contributed by atoms with Crippen LogP contribution in [0.1, 0.15) is 25.7 Å². The number of nitrogens with one attached hydrogen (secondary N) is 2. The molecule has 1 aromatic carbocycles. The molecule has 0 aliphatic carbocycles. The maximum Gasteiger partial charge on any atom is 0.252 e. The van der Waals surface area contributed by atoms with E-state index in [1.807, 2.05) is 36.9 Å². The molecular weight excluding hydrogens is 478 g/mol. The minimum Gasteiger partial charge on any atom is -0.375 e. The molecule has 0 saturated carbocycles. The van der Waals surface area contributed by atoms with Crippen LogP contribution < -0.4 is 21.1 Å². The van der Waals surface area contributed by atoms with Crippen LogP contribution in [0.15, 0.2) is 53.7 Å². The molecule has 0 amide bonds. The number of aryl methyl sites for hydroxylation is 1. The standard InChI is InChI=1S/C25H24ClN9O/c1-15(22-28-7-4-8-29-22)31-19-10-21(36)34(3)20-6-5-16(9-17(19)20)32-23-18(26)11-30-24(33-23)35-13-25(2,12-27)14-35/h4-11,15,31H,13-14H2,1-3H3,(H,30,32,33). The summed E-state index contributed by atoms with van der Waals surface area (Å²) in [6.45, 7) is 4.98. The summed E-state index contributed by atoms with van der Waals surface area (Å²) in [4.78, 5) is 32.1. The molecule has 1 unspecified atom stereocenters. The van der Waals surface area contributed by atoms with Gasteiger partial charge in [-0.25, -0.2) is 15.0 Å². The summed E-state index contributed by atoms with van der Waals surface area (Å²) in [6, 6.07) is 11.1. The molecule has 36 heavy (non-hydrogen) atoms. The van der Waals surface area contributed by atoms with Crippen LogP contribution >= 0.6 is 11.6 Å². The minimum absolute atomic E-state index is 0.130. The van der Waals surface area contributed by atoms with E-state index in [1.165, 1.54) is 0 Å². The van der Waals surface area contributed by atoms with Crippen molar-refractivity contribution in [3.05, 3.63) is 70.1 Å². The fourth-order valence-electron chi connectivity index (χ4n) is 4.23. The molecule has 4 aromatic rings. The second-order valence-corrected chi connectivity index (χ2v) is 9.59. The molecular formula is C25H24ClN9O. The molecule has 1 fully saturated rings. The third kappa shape index (κ3) is 4.41. The lowest BCUT2D eigenvalue weighted by molar-refractivity contribution is 0.332. The summed E-state index contributed by atoms with van der Waals surface area (Å²) < 4.78 is 1.60. The zero-order valence-corrected chi connectivity index (χ0v) is 20.8. The maximum absolute atomic E-state index is 12.6. The Morgan fingerprint density at radius 1 is 1.19 bits per heavy atom. The normalized spacial score (nSPS) is 15.1. The number of hydrogen-bond donors (Lipinski definition) is 2. The van der Waals surface area contributed by atoms with Crippen molar-refractivity contribution in [3.63, 3.8) is 0 Å². The van der Waals surface area contributed by atoms with Crippen LogP contribution in [0.25, 0.3) is 10.9 Å². The summed E-state index contributed by atoms with van der Waals surface area (Å²) >= 11 is 6.40. The van der Waals surface area contributed by atoms with E-state index in [4.69, 9.17) is 11.6 Å². The van der Waals surface area contributed by atoms with Crippen molar-refractivity contribution < 1.29 is 0 Å². The Balaban J connectivity index is 1.47. The number of halogens is 1. The van der Waals surface area contributed by atoms with Crippen molar-refractivity contribution in [2.45, 2.75) is 19.9 Å². The molecule has 1 aliphatic heterocycles. The summed E-state index contributed by atoms with van der Waals surface area (Å²) in [5.74, 6) is 1.59. The van der Waals surface area contributed by atoms with E-state index in [1.54, 1.807) is 42.3 Å². The van der Waals surface area contributed by atoms with Crippen molar-refractivity contribution in [2.75, 3.05) is 28.6 Å². The second-order valence-electron chi connectivity index (χ2n) is 9.18. The van der Waals surface area contributed by atoms with Gasteiger partial charge in [0.1, 0.15) is 10.8 Å². The molecule has 11 heteroatoms. The number of fused-ring (bicyclic) bond motifs is 1. The number of rotatable bonds is 6. The average molecular weight is 502 g/mol. The van der Waals surface area contributed by atoms with Gasteiger partial charge in [0.25, 0.3) is 5.56 Å². The van der Waals surface area contributed by atoms with Crippen LogP contribution in [-0.4, -0.2) is 37.6 Å². The molecule has 182 valence electrons. The van der Waals surface area contributed by atoms with Gasteiger partial charge in [-0.3, -0.25) is 4.79 Å². The van der Waals surface area contributed by atoms with Gasteiger partial charge in [-0.15, -0.1) is 0 Å². The SMILES string of the molecule is CC(Nc1cc(=O)n(C)c2ccc(Nc3nc(N4CC(C)(C#N)C4)ncc3Cl)cc12)c1ncccn1. The van der Waals surface area contributed by atoms with Crippen molar-refractivity contribution in [1.29, 1.82) is 5.26 Å². The second kappa shape index (κ2) is 9.09. The Labute approximate surface area is 212 Å². The predicted molar refractivity (Wildman–Crippen MR) is 140 cm³/mol. The van der Waals surface area contributed by atoms with Gasteiger partial charge in [0.15, 0.2) is 5.82 Å². The van der Waals surface area contributed by atoms with Crippen LogP contribution in [0.3, 0.4) is 0 Å². The van der Waals surface area contributed by atoms with E-state index in [0.29, 0.717) is 41.4 Å². The highest BCUT2D eigenvalue weighted by Crippen LogP contribution is 2.34. The molecule has 1 saturated heterocycles. The Bertz CT molecular complexity index is 1540. The van der Waals surface area contributed by atoms with Gasteiger partial charge in [0.05, 0.1) is 29.2 Å². The minimum atomic E-state index is -0.393. The number of benzene rings is 1. The fraction of sp³-hybridized carbons (Fsp3) is 0.280. The first-order valence-electron chi connectivity index (χ1n) is 11.4. The number of aromatic nitrogens is 5. The van der Waals surface area contributed by atoms with E-state index >= 15 is 0 Å². The van der Waals surface area contributed by atoms with Crippen LogP contribution in [-0.2, 0) is 7.05 Å². The Morgan fingerprint density at radius 2 is 1.94 bits per heavy atom. The Kier molecular flexibility index (Phi) is 5.94. The molecule has 2 N–H and O–H groups in total. The lowest BCUT2D eigenvalue weighted by Crippen LogP contribution is -2.54. The summed E-state index contributed by atoms with van der Waals surface area (Å²) in [6.07, 6.45) is 4.92. The molecule has 1 atom stereocenters. The number of pyridine rings is 1. The van der Waals surface area contributed by atoms with E-state index in [9.17, 15) is 10.1 Å². The molecule has 0 bridgehead atoms. The van der Waals surface area contributed by atoms with Crippen molar-refractivity contribution >= 4 is 45.6 Å². The maximum atomic E-state index is 12.6. The summed E-state index contributed by atoms with van der Waals surface area (Å²) in [7, 11) is 1.74. The van der Waals surface area contributed by atoms with Gasteiger partial charge in [0.2, 0.25) is 5.95 Å². The van der Waals surface area contributed by atoms with E-state index < -0.39 is 5.41 Å². The zero-order valence-electron chi connectivity index (χ0n) is 20.0. The molecule has 5 rings (SSSR count). The van der Waals surface area contributed by atoms with Crippen LogP contribution in [0.5, 0.6) is 0 Å². The predicted octanol–water partition coefficient (Wildman–Crippen LogP) is 4.04. The van der Waals surface area contributed by atoms with Crippen LogP contribution in [0.4, 0.5) is 23.1 Å². The van der Waals surface area contributed by atoms with Crippen LogP contribution in [0, 0.1) is 16.7 Å². The third-order valence-electron chi connectivity index (χ3n) is 6.22. The number of nitrogens with zero attached hydrogens (tertiary/aromatic N) is 7. The van der Waals surface area contributed by atoms with Gasteiger partial charge in [-0.2, -0.15) is 10.2 Å². The number of hydrogen-bond acceptors (Lipinski definition) is 9. The highest BCUT2D eigenvalue weighted by molar-refractivity contribution is 6.32. The Morgan fingerprint density at radius 3 is 2.67 bits per heavy atom. The molecule has 1 aliphatic rings. The van der Waals surface area contributed by atoms with Gasteiger partial charge >= 0.3 is 0 Å². The van der Waals surface area contributed by atoms with E-state index in [2.05, 4.69) is 36.6 Å². The molecule has 3 aromatic heterocycles. The van der Waals surface area contributed by atoms with Gasteiger partial charge in [-0.05, 0) is 38.1 Å². The highest BCUT2D eigenvalue weighted by Gasteiger charge is 2.40. The molecule has 0 radical (unpaired) electrons. The highest BCUT2D eigenvalue weighted by atomic mass is 35.5. The van der Waals surface area contributed by atoms with Crippen molar-refractivity contribution in [3.8, 4) is 6.07 Å². The first kappa shape index (κ1) is 23.5. The van der Waals surface area contributed by atoms with Gasteiger partial charge in [0, 0.05) is 55.4 Å². The van der Waals surface area contributed by atoms with Crippen LogP contribution in [0.2, 0.25) is 5.02 Å². The van der Waals surface area contributed by atoms with E-state index in [-0.39, 0.29) is 11.6 Å². The molecule has 10 nitrogen and oxygen atoms in total. The monoisotopic (exact) mass is 501 g/mol. The van der Waals surface area contributed by atoms with Crippen molar-refractivity contribution in [1.82, 2.24) is 24.5 Å². The topological polar surface area (TPSA) is 125 Å². The Hall–Kier alpha value is -4.23. The third-order valence-corrected chi connectivity index (χ3v) is 6.49. The average Bonchev–Trinajstić information content (AvgIpc) is 2.87. The van der Waals surface area contributed by atoms with Gasteiger partial charge in [-0.1, -0.05) is 11.6 Å². The molecule has 0 spiro atoms. The largest absolute Gasteiger partial charge is 0.375 e. The quantitative estimate of drug-likeness (QED) is 0.402. The zero-order chi connectivity index (χ0) is 25.4. The summed E-state index contributed by atoms with van der Waals surface area (Å²) in [5, 5.41) is 17.1.